The maximum Gasteiger partial charge on any atom is 0.173 e. The Hall–Kier alpha value is -0.660. The van der Waals surface area contributed by atoms with Gasteiger partial charge in [-0.1, -0.05) is 58.3 Å². The van der Waals surface area contributed by atoms with Gasteiger partial charge in [-0.15, -0.1) is 0 Å². The van der Waals surface area contributed by atoms with Gasteiger partial charge in [0.1, 0.15) is 0 Å². The summed E-state index contributed by atoms with van der Waals surface area (Å²) in [5.74, 6) is -0.0297. The predicted molar refractivity (Wildman–Crippen MR) is 65.6 cm³/mol. The Morgan fingerprint density at radius 1 is 0.933 bits per heavy atom. The van der Waals surface area contributed by atoms with E-state index in [1.807, 2.05) is 0 Å². The summed E-state index contributed by atoms with van der Waals surface area (Å²) in [6.45, 7) is 2.24. The van der Waals surface area contributed by atoms with E-state index in [0.717, 1.165) is 19.1 Å². The van der Waals surface area contributed by atoms with Crippen LogP contribution in [0.3, 0.4) is 0 Å². The van der Waals surface area contributed by atoms with Crippen LogP contribution in [0, 0.1) is 5.41 Å². The van der Waals surface area contributed by atoms with Crippen molar-refractivity contribution < 1.29 is 4.79 Å². The second-order valence-corrected chi connectivity index (χ2v) is 4.19. The molecule has 88 valence electrons. The third-order valence-electron chi connectivity index (χ3n) is 2.69. The third-order valence-corrected chi connectivity index (χ3v) is 2.69. The van der Waals surface area contributed by atoms with E-state index in [1.165, 1.54) is 44.9 Å². The van der Waals surface area contributed by atoms with Crippen LogP contribution in [0.25, 0.3) is 0 Å². The highest BCUT2D eigenvalue weighted by Crippen LogP contribution is 2.10. The first-order valence-electron chi connectivity index (χ1n) is 6.34. The van der Waals surface area contributed by atoms with Crippen LogP contribution in [0.4, 0.5) is 0 Å². The van der Waals surface area contributed by atoms with E-state index in [1.54, 1.807) is 0 Å². The van der Waals surface area contributed by atoms with E-state index < -0.39 is 0 Å². The molecule has 0 amide bonds. The van der Waals surface area contributed by atoms with Crippen molar-refractivity contribution >= 4 is 12.0 Å². The zero-order valence-electron chi connectivity index (χ0n) is 10.1. The summed E-state index contributed by atoms with van der Waals surface area (Å²) in [5, 5.41) is 6.74. The van der Waals surface area contributed by atoms with Crippen LogP contribution in [0.5, 0.6) is 0 Å². The fourth-order valence-corrected chi connectivity index (χ4v) is 1.68. The van der Waals surface area contributed by atoms with Crippen molar-refractivity contribution in [1.29, 1.82) is 5.41 Å². The van der Waals surface area contributed by atoms with Gasteiger partial charge in [0.15, 0.2) is 5.78 Å². The first-order chi connectivity index (χ1) is 7.31. The van der Waals surface area contributed by atoms with Gasteiger partial charge in [0.25, 0.3) is 0 Å². The van der Waals surface area contributed by atoms with Crippen LogP contribution < -0.4 is 0 Å². The lowest BCUT2D eigenvalue weighted by molar-refractivity contribution is -0.112. The van der Waals surface area contributed by atoms with E-state index in [2.05, 4.69) is 6.92 Å². The molecule has 0 fully saturated rings. The van der Waals surface area contributed by atoms with Gasteiger partial charge < -0.3 is 5.41 Å². The maximum atomic E-state index is 10.8. The maximum absolute atomic E-state index is 10.8. The Morgan fingerprint density at radius 2 is 1.40 bits per heavy atom. The molecule has 2 heteroatoms. The highest BCUT2D eigenvalue weighted by atomic mass is 16.1. The second kappa shape index (κ2) is 11.4. The Labute approximate surface area is 94.0 Å². The van der Waals surface area contributed by atoms with Gasteiger partial charge in [-0.05, 0) is 6.42 Å². The van der Waals surface area contributed by atoms with Crippen molar-refractivity contribution in [3.05, 3.63) is 0 Å². The quantitative estimate of drug-likeness (QED) is 0.405. The van der Waals surface area contributed by atoms with Gasteiger partial charge in [0.05, 0.1) is 6.21 Å². The van der Waals surface area contributed by atoms with Gasteiger partial charge in [0.2, 0.25) is 0 Å². The fraction of sp³-hybridized carbons (Fsp3) is 0.846. The Balaban J connectivity index is 2.98. The van der Waals surface area contributed by atoms with Gasteiger partial charge in [-0.25, -0.2) is 0 Å². The zero-order valence-corrected chi connectivity index (χ0v) is 10.1. The van der Waals surface area contributed by atoms with Crippen LogP contribution in [0.15, 0.2) is 0 Å². The number of hydrogen-bond acceptors (Lipinski definition) is 2. The van der Waals surface area contributed by atoms with Gasteiger partial charge >= 0.3 is 0 Å². The zero-order chi connectivity index (χ0) is 11.4. The highest BCUT2D eigenvalue weighted by molar-refractivity contribution is 6.26. The fourth-order valence-electron chi connectivity index (χ4n) is 1.68. The molecule has 2 nitrogen and oxygen atoms in total. The van der Waals surface area contributed by atoms with E-state index in [-0.39, 0.29) is 5.78 Å². The van der Waals surface area contributed by atoms with Crippen molar-refractivity contribution in [2.75, 3.05) is 0 Å². The molecule has 0 aromatic rings. The summed E-state index contributed by atoms with van der Waals surface area (Å²) in [6.07, 6.45) is 12.9. The number of nitrogens with one attached hydrogen (secondary N) is 1. The predicted octanol–water partition coefficient (Wildman–Crippen LogP) is 4.13. The molecule has 0 aliphatic rings. The number of carbonyl (C=O) groups excluding carboxylic acids is 1. The molecule has 0 aliphatic carbocycles. The minimum absolute atomic E-state index is 0.0297. The summed E-state index contributed by atoms with van der Waals surface area (Å²) < 4.78 is 0. The minimum atomic E-state index is -0.0297. The normalized spacial score (nSPS) is 10.2. The number of rotatable bonds is 11. The molecule has 0 bridgehead atoms. The number of carbonyl (C=O) groups is 1. The Bertz CT molecular complexity index is 166. The molecule has 0 rings (SSSR count). The third kappa shape index (κ3) is 11.3. The molecule has 0 unspecified atom stereocenters. The molecule has 0 aromatic carbocycles. The molecule has 1 N–H and O–H groups in total. The van der Waals surface area contributed by atoms with Gasteiger partial charge in [-0.2, -0.15) is 0 Å². The van der Waals surface area contributed by atoms with Crippen molar-refractivity contribution in [2.24, 2.45) is 0 Å². The summed E-state index contributed by atoms with van der Waals surface area (Å²) in [7, 11) is 0. The SMILES string of the molecule is CCCCCCCCCCCC(=O)C=N. The molecule has 0 heterocycles. The molecule has 15 heavy (non-hydrogen) atoms. The van der Waals surface area contributed by atoms with Crippen molar-refractivity contribution in [2.45, 2.75) is 71.1 Å². The average molecular weight is 211 g/mol. The highest BCUT2D eigenvalue weighted by Gasteiger charge is 1.96. The minimum Gasteiger partial charge on any atom is -0.305 e. The summed E-state index contributed by atoms with van der Waals surface area (Å²) >= 11 is 0. The first-order valence-corrected chi connectivity index (χ1v) is 6.34. The van der Waals surface area contributed by atoms with E-state index in [0.29, 0.717) is 6.42 Å². The molecular formula is C13H25NO. The smallest absolute Gasteiger partial charge is 0.173 e. The average Bonchev–Trinajstić information content (AvgIpc) is 2.26. The van der Waals surface area contributed by atoms with Crippen molar-refractivity contribution in [3.63, 3.8) is 0 Å². The number of hydrogen-bond donors (Lipinski definition) is 1. The van der Waals surface area contributed by atoms with E-state index in [4.69, 9.17) is 5.41 Å². The van der Waals surface area contributed by atoms with Crippen LogP contribution in [0.1, 0.15) is 71.1 Å². The van der Waals surface area contributed by atoms with Crippen LogP contribution in [0.2, 0.25) is 0 Å². The summed E-state index contributed by atoms with van der Waals surface area (Å²) in [6, 6.07) is 0. The Kier molecular flexibility index (Phi) is 10.9. The first kappa shape index (κ1) is 14.3. The summed E-state index contributed by atoms with van der Waals surface area (Å²) in [5.41, 5.74) is 0. The molecule has 0 atom stereocenters. The van der Waals surface area contributed by atoms with Gasteiger partial charge in [-0.3, -0.25) is 4.79 Å². The van der Waals surface area contributed by atoms with E-state index in [9.17, 15) is 4.79 Å². The molecule has 0 saturated heterocycles. The number of unbranched alkanes of at least 4 members (excludes halogenated alkanes) is 8. The van der Waals surface area contributed by atoms with Crippen molar-refractivity contribution in [1.82, 2.24) is 0 Å². The molecule has 0 saturated carbocycles. The lowest BCUT2D eigenvalue weighted by Crippen LogP contribution is -1.96. The van der Waals surface area contributed by atoms with Crippen LogP contribution in [-0.4, -0.2) is 12.0 Å². The lowest BCUT2D eigenvalue weighted by Gasteiger charge is -2.00. The molecule has 0 radical (unpaired) electrons. The molecule has 0 aromatic heterocycles. The van der Waals surface area contributed by atoms with Crippen LogP contribution in [-0.2, 0) is 4.79 Å². The number of Topliss-reactive ketones (excluding diaryl/α,β-unsaturated/α-hetero) is 1. The monoisotopic (exact) mass is 211 g/mol. The van der Waals surface area contributed by atoms with Crippen molar-refractivity contribution in [3.8, 4) is 0 Å². The molecule has 0 aliphatic heterocycles. The molecular weight excluding hydrogens is 186 g/mol. The van der Waals surface area contributed by atoms with Gasteiger partial charge in [0, 0.05) is 6.42 Å². The largest absolute Gasteiger partial charge is 0.305 e. The lowest BCUT2D eigenvalue weighted by atomic mass is 10.1. The second-order valence-electron chi connectivity index (χ2n) is 4.19. The topological polar surface area (TPSA) is 40.9 Å². The Morgan fingerprint density at radius 3 is 1.87 bits per heavy atom. The number of ketones is 1. The van der Waals surface area contributed by atoms with Crippen LogP contribution >= 0.6 is 0 Å². The standard InChI is InChI=1S/C13H25NO/c1-2-3-4-5-6-7-8-9-10-11-13(15)12-14/h12,14H,2-11H2,1H3. The van der Waals surface area contributed by atoms with E-state index >= 15 is 0 Å². The molecule has 0 spiro atoms. The summed E-state index contributed by atoms with van der Waals surface area (Å²) in [4.78, 5) is 10.8.